The molecule has 2 aromatic rings. The van der Waals surface area contributed by atoms with E-state index in [1.54, 1.807) is 6.92 Å². The molecular weight excluding hydrogens is 326 g/mol. The predicted molar refractivity (Wildman–Crippen MR) is 101 cm³/mol. The van der Waals surface area contributed by atoms with Crippen molar-refractivity contribution in [3.05, 3.63) is 76.9 Å². The van der Waals surface area contributed by atoms with Crippen molar-refractivity contribution in [2.75, 3.05) is 12.4 Å². The van der Waals surface area contributed by atoms with Crippen LogP contribution in [0.3, 0.4) is 0 Å². The maximum absolute atomic E-state index is 11.7. The predicted octanol–water partition coefficient (Wildman–Crippen LogP) is 4.50. The number of rotatable bonds is 3. The summed E-state index contributed by atoms with van der Waals surface area (Å²) in [7, 11) is 1.39. The average Bonchev–Trinajstić information content (AvgIpc) is 3.16. The van der Waals surface area contributed by atoms with Crippen molar-refractivity contribution in [3.63, 3.8) is 0 Å². The first-order chi connectivity index (χ1) is 12.6. The van der Waals surface area contributed by atoms with Gasteiger partial charge in [-0.15, -0.1) is 0 Å². The molecule has 0 bridgehead atoms. The molecule has 1 heterocycles. The molecule has 2 aromatic carbocycles. The summed E-state index contributed by atoms with van der Waals surface area (Å²) >= 11 is 0. The van der Waals surface area contributed by atoms with Crippen LogP contribution in [-0.4, -0.2) is 18.9 Å². The zero-order valence-corrected chi connectivity index (χ0v) is 14.9. The number of anilines is 1. The molecule has 0 saturated carbocycles. The second kappa shape index (κ2) is 6.45. The molecule has 0 saturated heterocycles. The maximum atomic E-state index is 11.7. The molecule has 4 nitrogen and oxygen atoms in total. The fourth-order valence-electron chi connectivity index (χ4n) is 4.09. The average molecular weight is 347 g/mol. The van der Waals surface area contributed by atoms with Crippen LogP contribution in [0.15, 0.2) is 54.6 Å². The van der Waals surface area contributed by atoms with Crippen molar-refractivity contribution < 1.29 is 14.3 Å². The molecule has 4 heteroatoms. The Kier molecular flexibility index (Phi) is 4.11. The van der Waals surface area contributed by atoms with Gasteiger partial charge in [-0.2, -0.15) is 0 Å². The number of carbonyl (C=O) groups is 2. The molecule has 0 unspecified atom stereocenters. The Morgan fingerprint density at radius 1 is 1.08 bits per heavy atom. The lowest BCUT2D eigenvalue weighted by atomic mass is 9.76. The second-order valence-electron chi connectivity index (χ2n) is 6.95. The molecule has 132 valence electrons. The normalized spacial score (nSPS) is 22.9. The number of hydrogen-bond donors (Lipinski definition) is 1. The van der Waals surface area contributed by atoms with Gasteiger partial charge in [-0.25, -0.2) is 4.79 Å². The number of ketones is 1. The van der Waals surface area contributed by atoms with E-state index in [0.29, 0.717) is 17.4 Å². The molecule has 0 spiro atoms. The van der Waals surface area contributed by atoms with Crippen LogP contribution in [0.5, 0.6) is 0 Å². The van der Waals surface area contributed by atoms with Crippen molar-refractivity contribution in [2.45, 2.75) is 25.3 Å². The fourth-order valence-corrected chi connectivity index (χ4v) is 4.09. The van der Waals surface area contributed by atoms with E-state index in [9.17, 15) is 9.59 Å². The van der Waals surface area contributed by atoms with Crippen molar-refractivity contribution in [1.82, 2.24) is 0 Å². The van der Waals surface area contributed by atoms with E-state index in [-0.39, 0.29) is 17.8 Å². The number of methoxy groups -OCH3 is 1. The van der Waals surface area contributed by atoms with E-state index < -0.39 is 0 Å². The number of esters is 1. The van der Waals surface area contributed by atoms with Crippen molar-refractivity contribution in [1.29, 1.82) is 0 Å². The molecule has 1 N–H and O–H groups in total. The van der Waals surface area contributed by atoms with Gasteiger partial charge in [-0.05, 0) is 60.7 Å². The Hall–Kier alpha value is -2.88. The van der Waals surface area contributed by atoms with Gasteiger partial charge in [0.1, 0.15) is 0 Å². The van der Waals surface area contributed by atoms with E-state index in [4.69, 9.17) is 4.74 Å². The maximum Gasteiger partial charge on any atom is 0.337 e. The van der Waals surface area contributed by atoms with Gasteiger partial charge in [0.05, 0.1) is 18.7 Å². The first kappa shape index (κ1) is 16.6. The number of ether oxygens (including phenoxy) is 1. The molecule has 0 radical (unpaired) electrons. The van der Waals surface area contributed by atoms with E-state index in [1.807, 2.05) is 42.5 Å². The van der Waals surface area contributed by atoms with E-state index >= 15 is 0 Å². The molecule has 4 rings (SSSR count). The van der Waals surface area contributed by atoms with Crippen LogP contribution >= 0.6 is 0 Å². The van der Waals surface area contributed by atoms with Crippen LogP contribution in [0.1, 0.15) is 57.1 Å². The second-order valence-corrected chi connectivity index (χ2v) is 6.95. The van der Waals surface area contributed by atoms with E-state index in [0.717, 1.165) is 23.2 Å². The van der Waals surface area contributed by atoms with Crippen molar-refractivity contribution in [3.8, 4) is 0 Å². The smallest absolute Gasteiger partial charge is 0.337 e. The lowest BCUT2D eigenvalue weighted by molar-refractivity contribution is 0.0600. The SMILES string of the molecule is COC(=O)c1ccc([C@@H]2Nc3ccc(C(C)=O)cc3[C@H]3C=CC[C@H]32)cc1. The van der Waals surface area contributed by atoms with Crippen LogP contribution < -0.4 is 5.32 Å². The molecule has 3 atom stereocenters. The molecule has 0 amide bonds. The van der Waals surface area contributed by atoms with Gasteiger partial charge in [0, 0.05) is 17.2 Å². The minimum atomic E-state index is -0.323. The summed E-state index contributed by atoms with van der Waals surface area (Å²) in [6, 6.07) is 13.7. The Morgan fingerprint density at radius 3 is 2.50 bits per heavy atom. The fraction of sp³-hybridized carbons (Fsp3) is 0.273. The number of hydrogen-bond acceptors (Lipinski definition) is 4. The van der Waals surface area contributed by atoms with Gasteiger partial charge in [-0.1, -0.05) is 24.3 Å². The van der Waals surface area contributed by atoms with Crippen LogP contribution in [0.4, 0.5) is 5.69 Å². The third-order valence-corrected chi connectivity index (χ3v) is 5.46. The van der Waals surface area contributed by atoms with Gasteiger partial charge in [0.25, 0.3) is 0 Å². The minimum Gasteiger partial charge on any atom is -0.465 e. The van der Waals surface area contributed by atoms with E-state index in [2.05, 4.69) is 17.5 Å². The Balaban J connectivity index is 1.69. The minimum absolute atomic E-state index is 0.0897. The number of fused-ring (bicyclic) bond motifs is 3. The molecular formula is C22H21NO3. The zero-order valence-electron chi connectivity index (χ0n) is 14.9. The number of nitrogens with one attached hydrogen (secondary N) is 1. The first-order valence-corrected chi connectivity index (χ1v) is 8.85. The Labute approximate surface area is 152 Å². The Bertz CT molecular complexity index is 898. The van der Waals surface area contributed by atoms with Crippen LogP contribution in [0.2, 0.25) is 0 Å². The summed E-state index contributed by atoms with van der Waals surface area (Å²) in [5.41, 5.74) is 4.73. The monoisotopic (exact) mass is 347 g/mol. The highest BCUT2D eigenvalue weighted by Crippen LogP contribution is 2.49. The molecule has 2 aliphatic rings. The molecule has 26 heavy (non-hydrogen) atoms. The van der Waals surface area contributed by atoms with Gasteiger partial charge in [0.2, 0.25) is 0 Å². The van der Waals surface area contributed by atoms with Crippen molar-refractivity contribution in [2.24, 2.45) is 5.92 Å². The summed E-state index contributed by atoms with van der Waals surface area (Å²) in [5, 5.41) is 3.65. The quantitative estimate of drug-likeness (QED) is 0.504. The highest BCUT2D eigenvalue weighted by atomic mass is 16.5. The van der Waals surface area contributed by atoms with Crippen LogP contribution in [0, 0.1) is 5.92 Å². The zero-order chi connectivity index (χ0) is 18.3. The summed E-state index contributed by atoms with van der Waals surface area (Å²) < 4.78 is 4.78. The van der Waals surface area contributed by atoms with Crippen molar-refractivity contribution >= 4 is 17.4 Å². The third kappa shape index (κ3) is 2.71. The summed E-state index contributed by atoms with van der Waals surface area (Å²) in [6.07, 6.45) is 5.47. The van der Waals surface area contributed by atoms with Gasteiger partial charge >= 0.3 is 5.97 Å². The first-order valence-electron chi connectivity index (χ1n) is 8.85. The number of allylic oxidation sites excluding steroid dienone is 2. The third-order valence-electron chi connectivity index (χ3n) is 5.46. The van der Waals surface area contributed by atoms with E-state index in [1.165, 1.54) is 12.7 Å². The Morgan fingerprint density at radius 2 is 1.81 bits per heavy atom. The topological polar surface area (TPSA) is 55.4 Å². The molecule has 0 aromatic heterocycles. The van der Waals surface area contributed by atoms with Gasteiger partial charge in [-0.3, -0.25) is 4.79 Å². The largest absolute Gasteiger partial charge is 0.465 e. The number of benzene rings is 2. The number of Topliss-reactive ketones (excluding diaryl/α,β-unsaturated/α-hetero) is 1. The molecule has 0 fully saturated rings. The highest BCUT2D eigenvalue weighted by molar-refractivity contribution is 5.95. The lowest BCUT2D eigenvalue weighted by Gasteiger charge is -2.37. The van der Waals surface area contributed by atoms with Crippen LogP contribution in [0.25, 0.3) is 0 Å². The summed E-state index contributed by atoms with van der Waals surface area (Å²) in [4.78, 5) is 23.4. The van der Waals surface area contributed by atoms with Gasteiger partial charge in [0.15, 0.2) is 5.78 Å². The summed E-state index contributed by atoms with van der Waals surface area (Å²) in [5.74, 6) is 0.465. The number of carbonyl (C=O) groups excluding carboxylic acids is 2. The summed E-state index contributed by atoms with van der Waals surface area (Å²) in [6.45, 7) is 1.60. The highest BCUT2D eigenvalue weighted by Gasteiger charge is 2.38. The van der Waals surface area contributed by atoms with Gasteiger partial charge < -0.3 is 10.1 Å². The lowest BCUT2D eigenvalue weighted by Crippen LogP contribution is -2.29. The van der Waals surface area contributed by atoms with Crippen LogP contribution in [-0.2, 0) is 4.74 Å². The molecule has 1 aliphatic carbocycles. The molecule has 1 aliphatic heterocycles. The standard InChI is InChI=1S/C22H21NO3/c1-13(24)16-10-11-20-19(12-16)17-4-3-5-18(17)21(23-20)14-6-8-15(9-7-14)22(25)26-2/h3-4,6-12,17-18,21,23H,5H2,1-2H3/t17-,18+,21-/m0/s1.